The molecule has 0 spiro atoms. The molecule has 1 aromatic heterocycles. The number of benzene rings is 1. The lowest BCUT2D eigenvalue weighted by Gasteiger charge is -2.00. The van der Waals surface area contributed by atoms with Gasteiger partial charge in [-0.25, -0.2) is 4.68 Å². The topological polar surface area (TPSA) is 50.9 Å². The fraction of sp³-hybridized carbons (Fsp3) is 0.111. The normalized spacial score (nSPS) is 10.2. The lowest BCUT2D eigenvalue weighted by molar-refractivity contribution is 0.475. The molecule has 0 amide bonds. The highest BCUT2D eigenvalue weighted by molar-refractivity contribution is 5.25. The molecular formula is C9H9N3O. The fourth-order valence-electron chi connectivity index (χ4n) is 1.11. The van der Waals surface area contributed by atoms with Crippen LogP contribution >= 0.6 is 0 Å². The van der Waals surface area contributed by atoms with E-state index in [-0.39, 0.29) is 5.75 Å². The molecule has 0 saturated carbocycles. The average Bonchev–Trinajstić information content (AvgIpc) is 2.62. The van der Waals surface area contributed by atoms with E-state index in [2.05, 4.69) is 10.3 Å². The lowest BCUT2D eigenvalue weighted by Crippen LogP contribution is -1.99. The van der Waals surface area contributed by atoms with Gasteiger partial charge in [0, 0.05) is 6.20 Å². The summed E-state index contributed by atoms with van der Waals surface area (Å²) >= 11 is 0. The van der Waals surface area contributed by atoms with Gasteiger partial charge in [0.25, 0.3) is 0 Å². The van der Waals surface area contributed by atoms with E-state index in [4.69, 9.17) is 5.11 Å². The summed E-state index contributed by atoms with van der Waals surface area (Å²) in [6.07, 6.45) is 3.44. The first-order chi connectivity index (χ1) is 6.34. The predicted molar refractivity (Wildman–Crippen MR) is 47.2 cm³/mol. The van der Waals surface area contributed by atoms with Crippen LogP contribution in [-0.2, 0) is 6.54 Å². The largest absolute Gasteiger partial charge is 0.508 e. The Morgan fingerprint density at radius 2 is 2.00 bits per heavy atom. The third kappa shape index (κ3) is 1.84. The van der Waals surface area contributed by atoms with Crippen LogP contribution in [0.25, 0.3) is 0 Å². The first-order valence-corrected chi connectivity index (χ1v) is 3.96. The van der Waals surface area contributed by atoms with Crippen LogP contribution in [0.1, 0.15) is 5.56 Å². The summed E-state index contributed by atoms with van der Waals surface area (Å²) in [5.74, 6) is 0.280. The van der Waals surface area contributed by atoms with E-state index in [9.17, 15) is 0 Å². The number of rotatable bonds is 2. The molecule has 0 aliphatic rings. The van der Waals surface area contributed by atoms with E-state index in [0.717, 1.165) is 5.56 Å². The average molecular weight is 175 g/mol. The standard InChI is InChI=1S/C9H9N3O/c13-9-3-1-8(2-4-9)7-12-6-5-10-11-12/h1-6,13H,7H2. The molecule has 0 bridgehead atoms. The Bertz CT molecular complexity index is 366. The molecule has 4 nitrogen and oxygen atoms in total. The van der Waals surface area contributed by atoms with Crippen LogP contribution in [0, 0.1) is 0 Å². The molecule has 13 heavy (non-hydrogen) atoms. The zero-order valence-corrected chi connectivity index (χ0v) is 6.96. The van der Waals surface area contributed by atoms with E-state index in [1.807, 2.05) is 12.1 Å². The molecule has 0 fully saturated rings. The van der Waals surface area contributed by atoms with E-state index in [1.54, 1.807) is 29.2 Å². The van der Waals surface area contributed by atoms with Gasteiger partial charge in [0.1, 0.15) is 5.75 Å². The van der Waals surface area contributed by atoms with Gasteiger partial charge < -0.3 is 5.11 Å². The van der Waals surface area contributed by atoms with Gasteiger partial charge in [-0.05, 0) is 17.7 Å². The third-order valence-corrected chi connectivity index (χ3v) is 1.75. The Kier molecular flexibility index (Phi) is 1.96. The summed E-state index contributed by atoms with van der Waals surface area (Å²) in [6.45, 7) is 0.681. The van der Waals surface area contributed by atoms with Gasteiger partial charge in [-0.2, -0.15) is 0 Å². The Morgan fingerprint density at radius 1 is 1.23 bits per heavy atom. The van der Waals surface area contributed by atoms with Crippen LogP contribution in [0.15, 0.2) is 36.7 Å². The first-order valence-electron chi connectivity index (χ1n) is 3.96. The van der Waals surface area contributed by atoms with E-state index < -0.39 is 0 Å². The Hall–Kier alpha value is -1.84. The zero-order chi connectivity index (χ0) is 9.10. The minimum absolute atomic E-state index is 0.280. The van der Waals surface area contributed by atoms with Crippen LogP contribution in [-0.4, -0.2) is 20.1 Å². The molecule has 1 aromatic carbocycles. The van der Waals surface area contributed by atoms with Gasteiger partial charge in [0.05, 0.1) is 12.7 Å². The van der Waals surface area contributed by atoms with Gasteiger partial charge in [0.2, 0.25) is 0 Å². The van der Waals surface area contributed by atoms with E-state index >= 15 is 0 Å². The second kappa shape index (κ2) is 3.26. The number of phenols is 1. The third-order valence-electron chi connectivity index (χ3n) is 1.75. The highest BCUT2D eigenvalue weighted by atomic mass is 16.3. The number of phenolic OH excluding ortho intramolecular Hbond substituents is 1. The minimum Gasteiger partial charge on any atom is -0.508 e. The molecule has 66 valence electrons. The summed E-state index contributed by atoms with van der Waals surface area (Å²) in [4.78, 5) is 0. The first kappa shape index (κ1) is 7.79. The van der Waals surface area contributed by atoms with Crippen LogP contribution in [0.3, 0.4) is 0 Å². The fourth-order valence-corrected chi connectivity index (χ4v) is 1.11. The van der Waals surface area contributed by atoms with Crippen molar-refractivity contribution in [3.8, 4) is 5.75 Å². The van der Waals surface area contributed by atoms with Gasteiger partial charge >= 0.3 is 0 Å². The SMILES string of the molecule is Oc1ccc(Cn2ccnn2)cc1. The molecule has 0 saturated heterocycles. The maximum Gasteiger partial charge on any atom is 0.115 e. The number of aromatic hydroxyl groups is 1. The smallest absolute Gasteiger partial charge is 0.115 e. The Labute approximate surface area is 75.4 Å². The van der Waals surface area contributed by atoms with Gasteiger partial charge in [-0.15, -0.1) is 5.10 Å². The van der Waals surface area contributed by atoms with Crippen molar-refractivity contribution in [3.05, 3.63) is 42.2 Å². The Morgan fingerprint density at radius 3 is 2.62 bits per heavy atom. The van der Waals surface area contributed by atoms with Crippen molar-refractivity contribution in [2.24, 2.45) is 0 Å². The number of nitrogens with zero attached hydrogens (tertiary/aromatic N) is 3. The van der Waals surface area contributed by atoms with Gasteiger partial charge in [-0.1, -0.05) is 17.3 Å². The summed E-state index contributed by atoms with van der Waals surface area (Å²) in [6, 6.07) is 7.03. The molecule has 0 aliphatic carbocycles. The predicted octanol–water partition coefficient (Wildman–Crippen LogP) is 1.03. The molecule has 0 radical (unpaired) electrons. The summed E-state index contributed by atoms with van der Waals surface area (Å²) in [5, 5.41) is 16.6. The number of aromatic nitrogens is 3. The molecule has 1 N–H and O–H groups in total. The lowest BCUT2D eigenvalue weighted by atomic mass is 10.2. The number of hydrogen-bond donors (Lipinski definition) is 1. The second-order valence-electron chi connectivity index (χ2n) is 2.77. The zero-order valence-electron chi connectivity index (χ0n) is 6.96. The van der Waals surface area contributed by atoms with Crippen LogP contribution in [0.4, 0.5) is 0 Å². The highest BCUT2D eigenvalue weighted by Crippen LogP contribution is 2.09. The van der Waals surface area contributed by atoms with Crippen molar-refractivity contribution in [2.45, 2.75) is 6.54 Å². The van der Waals surface area contributed by atoms with Crippen molar-refractivity contribution in [2.75, 3.05) is 0 Å². The molecule has 0 aliphatic heterocycles. The maximum absolute atomic E-state index is 9.05. The van der Waals surface area contributed by atoms with E-state index in [0.29, 0.717) is 6.54 Å². The van der Waals surface area contributed by atoms with Gasteiger partial charge in [0.15, 0.2) is 0 Å². The highest BCUT2D eigenvalue weighted by Gasteiger charge is 1.94. The van der Waals surface area contributed by atoms with E-state index in [1.165, 1.54) is 0 Å². The molecule has 0 atom stereocenters. The molecule has 2 aromatic rings. The van der Waals surface area contributed by atoms with Crippen molar-refractivity contribution in [3.63, 3.8) is 0 Å². The molecule has 2 rings (SSSR count). The van der Waals surface area contributed by atoms with Crippen molar-refractivity contribution < 1.29 is 5.11 Å². The van der Waals surface area contributed by atoms with Crippen LogP contribution in [0.2, 0.25) is 0 Å². The molecular weight excluding hydrogens is 166 g/mol. The van der Waals surface area contributed by atoms with Crippen molar-refractivity contribution in [1.29, 1.82) is 0 Å². The van der Waals surface area contributed by atoms with Crippen molar-refractivity contribution in [1.82, 2.24) is 15.0 Å². The van der Waals surface area contributed by atoms with Crippen molar-refractivity contribution >= 4 is 0 Å². The molecule has 4 heteroatoms. The van der Waals surface area contributed by atoms with Gasteiger partial charge in [-0.3, -0.25) is 0 Å². The maximum atomic E-state index is 9.05. The quantitative estimate of drug-likeness (QED) is 0.741. The summed E-state index contributed by atoms with van der Waals surface area (Å²) in [5.41, 5.74) is 1.09. The Balaban J connectivity index is 2.15. The monoisotopic (exact) mass is 175 g/mol. The summed E-state index contributed by atoms with van der Waals surface area (Å²) in [7, 11) is 0. The van der Waals surface area contributed by atoms with Crippen LogP contribution < -0.4 is 0 Å². The summed E-state index contributed by atoms with van der Waals surface area (Å²) < 4.78 is 1.73. The number of hydrogen-bond acceptors (Lipinski definition) is 3. The minimum atomic E-state index is 0.280. The molecule has 1 heterocycles. The molecule has 0 unspecified atom stereocenters. The second-order valence-corrected chi connectivity index (χ2v) is 2.77. The van der Waals surface area contributed by atoms with Crippen LogP contribution in [0.5, 0.6) is 5.75 Å².